The first kappa shape index (κ1) is 23.5. The molecule has 4 aromatic rings. The van der Waals surface area contributed by atoms with Crippen LogP contribution in [0.3, 0.4) is 0 Å². The van der Waals surface area contributed by atoms with E-state index in [2.05, 4.69) is 23.5 Å². The Hall–Kier alpha value is -4.23. The average Bonchev–Trinajstić information content (AvgIpc) is 3.13. The summed E-state index contributed by atoms with van der Waals surface area (Å²) in [5.41, 5.74) is 2.36. The van der Waals surface area contributed by atoms with E-state index in [1.165, 1.54) is 4.90 Å². The van der Waals surface area contributed by atoms with Crippen LogP contribution >= 0.6 is 12.2 Å². The molecule has 7 heteroatoms. The number of rotatable bonds is 7. The molecular weight excluding hydrogens is 470 g/mol. The Labute approximate surface area is 215 Å². The van der Waals surface area contributed by atoms with Gasteiger partial charge in [0.2, 0.25) is 5.91 Å². The zero-order valence-electron chi connectivity index (χ0n) is 19.8. The summed E-state index contributed by atoms with van der Waals surface area (Å²) in [5, 5.41) is 5.48. The van der Waals surface area contributed by atoms with Gasteiger partial charge in [-0.1, -0.05) is 60.7 Å². The number of methoxy groups -OCH3 is 1. The molecule has 0 aromatic heterocycles. The Morgan fingerprint density at radius 1 is 0.917 bits per heavy atom. The standard InChI is InChI=1S/C29H25N3O3S/c1-35-24-16-14-22(15-17-24)30-27(33)18-26-28(34)32(23-11-3-2-4-12-23)29(36)31(26)19-21-10-7-9-20-8-5-6-13-25(20)21/h2-17,26H,18-19H2,1H3,(H,30,33)/t26-/m1/s1. The minimum atomic E-state index is -0.727. The molecule has 0 aliphatic carbocycles. The molecule has 0 unspecified atom stereocenters. The highest BCUT2D eigenvalue weighted by atomic mass is 32.1. The molecule has 1 N–H and O–H groups in total. The fourth-order valence-electron chi connectivity index (χ4n) is 4.50. The van der Waals surface area contributed by atoms with E-state index in [1.807, 2.05) is 59.5 Å². The van der Waals surface area contributed by atoms with Crippen LogP contribution in [-0.2, 0) is 16.1 Å². The number of benzene rings is 4. The number of hydrogen-bond donors (Lipinski definition) is 1. The van der Waals surface area contributed by atoms with Crippen molar-refractivity contribution in [1.29, 1.82) is 0 Å². The number of carbonyl (C=O) groups excluding carboxylic acids is 2. The molecule has 1 fully saturated rings. The second-order valence-corrected chi connectivity index (χ2v) is 8.92. The Morgan fingerprint density at radius 2 is 1.61 bits per heavy atom. The van der Waals surface area contributed by atoms with Gasteiger partial charge >= 0.3 is 0 Å². The first-order chi connectivity index (χ1) is 17.5. The Balaban J connectivity index is 1.44. The second kappa shape index (κ2) is 10.2. The van der Waals surface area contributed by atoms with Crippen molar-refractivity contribution < 1.29 is 14.3 Å². The molecule has 0 radical (unpaired) electrons. The molecule has 2 amide bonds. The van der Waals surface area contributed by atoms with E-state index in [-0.39, 0.29) is 18.2 Å². The lowest BCUT2D eigenvalue weighted by molar-refractivity contribution is -0.124. The summed E-state index contributed by atoms with van der Waals surface area (Å²) in [6.07, 6.45) is -0.0287. The van der Waals surface area contributed by atoms with Crippen LogP contribution in [0.5, 0.6) is 5.75 Å². The van der Waals surface area contributed by atoms with Crippen LogP contribution in [-0.4, -0.2) is 35.0 Å². The van der Waals surface area contributed by atoms with Crippen LogP contribution < -0.4 is 15.0 Å². The first-order valence-electron chi connectivity index (χ1n) is 11.7. The smallest absolute Gasteiger partial charge is 0.256 e. The molecule has 1 heterocycles. The maximum Gasteiger partial charge on any atom is 0.256 e. The van der Waals surface area contributed by atoms with Crippen molar-refractivity contribution >= 4 is 51.3 Å². The largest absolute Gasteiger partial charge is 0.497 e. The van der Waals surface area contributed by atoms with E-state index in [1.54, 1.807) is 31.4 Å². The van der Waals surface area contributed by atoms with Gasteiger partial charge in [-0.15, -0.1) is 0 Å². The summed E-state index contributed by atoms with van der Waals surface area (Å²) in [4.78, 5) is 30.1. The SMILES string of the molecule is COc1ccc(NC(=O)C[C@@H]2C(=O)N(c3ccccc3)C(=S)N2Cc2cccc3ccccc23)cc1. The lowest BCUT2D eigenvalue weighted by atomic mass is 10.0. The zero-order chi connectivity index (χ0) is 25.1. The highest BCUT2D eigenvalue weighted by molar-refractivity contribution is 7.80. The van der Waals surface area contributed by atoms with Crippen molar-refractivity contribution in [3.63, 3.8) is 0 Å². The molecule has 36 heavy (non-hydrogen) atoms. The maximum atomic E-state index is 13.7. The minimum Gasteiger partial charge on any atom is -0.497 e. The molecule has 1 aliphatic rings. The summed E-state index contributed by atoms with van der Waals surface area (Å²) in [5.74, 6) is 0.222. The second-order valence-electron chi connectivity index (χ2n) is 8.55. The van der Waals surface area contributed by atoms with Crippen molar-refractivity contribution in [2.24, 2.45) is 0 Å². The molecule has 0 spiro atoms. The van der Waals surface area contributed by atoms with Crippen molar-refractivity contribution in [2.75, 3.05) is 17.3 Å². The number of amides is 2. The predicted molar refractivity (Wildman–Crippen MR) is 146 cm³/mol. The number of anilines is 2. The van der Waals surface area contributed by atoms with Gasteiger partial charge < -0.3 is 15.0 Å². The number of thiocarbonyl (C=S) groups is 1. The van der Waals surface area contributed by atoms with E-state index >= 15 is 0 Å². The third-order valence-electron chi connectivity index (χ3n) is 6.31. The van der Waals surface area contributed by atoms with Crippen molar-refractivity contribution in [3.8, 4) is 5.75 Å². The topological polar surface area (TPSA) is 61.9 Å². The number of carbonyl (C=O) groups is 2. The number of hydrogen-bond acceptors (Lipinski definition) is 4. The monoisotopic (exact) mass is 495 g/mol. The zero-order valence-corrected chi connectivity index (χ0v) is 20.6. The number of fused-ring (bicyclic) bond motifs is 1. The summed E-state index contributed by atoms with van der Waals surface area (Å²) in [6.45, 7) is 0.412. The molecule has 1 aliphatic heterocycles. The molecule has 1 saturated heterocycles. The van der Waals surface area contributed by atoms with Crippen molar-refractivity contribution in [1.82, 2.24) is 4.90 Å². The van der Waals surface area contributed by atoms with Gasteiger partial charge in [0.1, 0.15) is 11.8 Å². The van der Waals surface area contributed by atoms with Crippen molar-refractivity contribution in [3.05, 3.63) is 103 Å². The van der Waals surface area contributed by atoms with Crippen LogP contribution in [0.15, 0.2) is 97.1 Å². The van der Waals surface area contributed by atoms with Gasteiger partial charge in [0, 0.05) is 12.2 Å². The van der Waals surface area contributed by atoms with Gasteiger partial charge in [0.25, 0.3) is 5.91 Å². The van der Waals surface area contributed by atoms with Crippen LogP contribution in [0.25, 0.3) is 10.8 Å². The van der Waals surface area contributed by atoms with E-state index in [0.717, 1.165) is 16.3 Å². The third-order valence-corrected chi connectivity index (χ3v) is 6.72. The number of nitrogens with one attached hydrogen (secondary N) is 1. The molecule has 0 bridgehead atoms. The summed E-state index contributed by atoms with van der Waals surface area (Å²) in [6, 6.07) is 29.9. The maximum absolute atomic E-state index is 13.7. The minimum absolute atomic E-state index is 0.0287. The molecular formula is C29H25N3O3S. The number of ether oxygens (including phenoxy) is 1. The van der Waals surface area contributed by atoms with Gasteiger partial charge in [0.05, 0.1) is 19.2 Å². The van der Waals surface area contributed by atoms with Crippen molar-refractivity contribution in [2.45, 2.75) is 19.0 Å². The van der Waals surface area contributed by atoms with E-state index in [9.17, 15) is 9.59 Å². The Bertz CT molecular complexity index is 1420. The highest BCUT2D eigenvalue weighted by Gasteiger charge is 2.44. The third kappa shape index (κ3) is 4.65. The quantitative estimate of drug-likeness (QED) is 0.349. The van der Waals surface area contributed by atoms with Gasteiger partial charge in [-0.05, 0) is 65.0 Å². The molecule has 1 atom stereocenters. The first-order valence-corrected chi connectivity index (χ1v) is 12.1. The summed E-state index contributed by atoms with van der Waals surface area (Å²) < 4.78 is 5.18. The van der Waals surface area contributed by atoms with Gasteiger partial charge in [-0.3, -0.25) is 14.5 Å². The Morgan fingerprint density at radius 3 is 2.36 bits per heavy atom. The molecule has 6 nitrogen and oxygen atoms in total. The van der Waals surface area contributed by atoms with Crippen LogP contribution in [0, 0.1) is 0 Å². The van der Waals surface area contributed by atoms with Gasteiger partial charge in [-0.25, -0.2) is 0 Å². The molecule has 180 valence electrons. The van der Waals surface area contributed by atoms with Crippen LogP contribution in [0.4, 0.5) is 11.4 Å². The molecule has 5 rings (SSSR count). The van der Waals surface area contributed by atoms with Gasteiger partial charge in [0.15, 0.2) is 5.11 Å². The fourth-order valence-corrected chi connectivity index (χ4v) is 4.89. The van der Waals surface area contributed by atoms with E-state index in [0.29, 0.717) is 28.8 Å². The Kier molecular flexibility index (Phi) is 6.64. The predicted octanol–water partition coefficient (Wildman–Crippen LogP) is 5.38. The van der Waals surface area contributed by atoms with Gasteiger partial charge in [-0.2, -0.15) is 0 Å². The normalized spacial score (nSPS) is 15.4. The number of para-hydroxylation sites is 1. The van der Waals surface area contributed by atoms with E-state index in [4.69, 9.17) is 17.0 Å². The van der Waals surface area contributed by atoms with E-state index < -0.39 is 6.04 Å². The summed E-state index contributed by atoms with van der Waals surface area (Å²) in [7, 11) is 1.59. The van der Waals surface area contributed by atoms with Crippen LogP contribution in [0.1, 0.15) is 12.0 Å². The lowest BCUT2D eigenvalue weighted by Crippen LogP contribution is -2.37. The summed E-state index contributed by atoms with van der Waals surface area (Å²) >= 11 is 5.82. The number of nitrogens with zero attached hydrogens (tertiary/aromatic N) is 2. The highest BCUT2D eigenvalue weighted by Crippen LogP contribution is 2.30. The molecule has 0 saturated carbocycles. The average molecular weight is 496 g/mol. The fraction of sp³-hybridized carbons (Fsp3) is 0.138. The van der Waals surface area contributed by atoms with Crippen LogP contribution in [0.2, 0.25) is 0 Å². The molecule has 4 aromatic carbocycles. The lowest BCUT2D eigenvalue weighted by Gasteiger charge is -2.24.